The van der Waals surface area contributed by atoms with Crippen LogP contribution >= 0.6 is 26.6 Å². The average molecular weight is 339 g/mol. The first-order valence-corrected chi connectivity index (χ1v) is 8.51. The molecule has 0 bridgehead atoms. The maximum absolute atomic E-state index is 11.0. The summed E-state index contributed by atoms with van der Waals surface area (Å²) in [7, 11) is 3.83. The zero-order valence-electron chi connectivity index (χ0n) is 9.36. The van der Waals surface area contributed by atoms with Crippen LogP contribution in [0.25, 0.3) is 0 Å². The second-order valence-corrected chi connectivity index (χ2v) is 8.09. The number of likely N-dealkylation sites (tertiary alicyclic amines) is 1. The van der Waals surface area contributed by atoms with Crippen molar-refractivity contribution < 1.29 is 8.42 Å². The SMILES string of the molecule is CN1CC(c2ccc(CS(=O)(=O)Cl)cc2Br)C1. The highest BCUT2D eigenvalue weighted by molar-refractivity contribution is 9.10. The molecular formula is C11H13BrClNO2S. The van der Waals surface area contributed by atoms with Gasteiger partial charge in [-0.05, 0) is 24.2 Å². The molecule has 1 heterocycles. The Bertz CT molecular complexity index is 526. The topological polar surface area (TPSA) is 37.4 Å². The lowest BCUT2D eigenvalue weighted by atomic mass is 9.91. The molecule has 1 aliphatic rings. The minimum atomic E-state index is -3.48. The van der Waals surface area contributed by atoms with Crippen LogP contribution in [-0.4, -0.2) is 33.5 Å². The van der Waals surface area contributed by atoms with Gasteiger partial charge in [0.25, 0.3) is 0 Å². The fraction of sp³-hybridized carbons (Fsp3) is 0.455. The minimum absolute atomic E-state index is 0.127. The summed E-state index contributed by atoms with van der Waals surface area (Å²) in [5.74, 6) is 0.411. The number of halogens is 2. The third-order valence-corrected chi connectivity index (χ3v) is 4.60. The average Bonchev–Trinajstić information content (AvgIpc) is 2.11. The second kappa shape index (κ2) is 4.88. The lowest BCUT2D eigenvalue weighted by Gasteiger charge is -2.37. The quantitative estimate of drug-likeness (QED) is 0.795. The number of nitrogens with zero attached hydrogens (tertiary/aromatic N) is 1. The van der Waals surface area contributed by atoms with Crippen LogP contribution in [0.15, 0.2) is 22.7 Å². The van der Waals surface area contributed by atoms with E-state index >= 15 is 0 Å². The number of benzene rings is 1. The highest BCUT2D eigenvalue weighted by Crippen LogP contribution is 2.32. The maximum Gasteiger partial charge on any atom is 0.236 e. The predicted octanol–water partition coefficient (Wildman–Crippen LogP) is 2.55. The van der Waals surface area contributed by atoms with Crippen molar-refractivity contribution in [3.8, 4) is 0 Å². The van der Waals surface area contributed by atoms with Gasteiger partial charge in [0.1, 0.15) is 0 Å². The van der Waals surface area contributed by atoms with Gasteiger partial charge in [-0.25, -0.2) is 8.42 Å². The summed E-state index contributed by atoms with van der Waals surface area (Å²) in [6.45, 7) is 2.09. The van der Waals surface area contributed by atoms with Crippen molar-refractivity contribution in [2.24, 2.45) is 0 Å². The van der Waals surface area contributed by atoms with Gasteiger partial charge in [-0.1, -0.05) is 28.1 Å². The predicted molar refractivity (Wildman–Crippen MR) is 72.9 cm³/mol. The molecule has 17 heavy (non-hydrogen) atoms. The lowest BCUT2D eigenvalue weighted by Crippen LogP contribution is -2.41. The van der Waals surface area contributed by atoms with Crippen LogP contribution in [0.2, 0.25) is 0 Å². The Morgan fingerprint density at radius 3 is 2.59 bits per heavy atom. The molecule has 0 unspecified atom stereocenters. The first kappa shape index (κ1) is 13.3. The number of hydrogen-bond acceptors (Lipinski definition) is 3. The standard InChI is InChI=1S/C11H13BrClNO2S/c1-14-5-9(6-14)10-3-2-8(4-11(10)12)7-17(13,15)16/h2-4,9H,5-7H2,1H3. The van der Waals surface area contributed by atoms with E-state index in [0.29, 0.717) is 11.5 Å². The molecule has 1 aromatic rings. The third kappa shape index (κ3) is 3.44. The van der Waals surface area contributed by atoms with E-state index in [0.717, 1.165) is 17.6 Å². The fourth-order valence-electron chi connectivity index (χ4n) is 2.09. The molecule has 0 radical (unpaired) electrons. The van der Waals surface area contributed by atoms with Gasteiger partial charge in [-0.2, -0.15) is 0 Å². The summed E-state index contributed by atoms with van der Waals surface area (Å²) in [6, 6.07) is 5.66. The van der Waals surface area contributed by atoms with Gasteiger partial charge >= 0.3 is 0 Å². The van der Waals surface area contributed by atoms with Crippen LogP contribution in [0.3, 0.4) is 0 Å². The number of likely N-dealkylation sites (N-methyl/N-ethyl adjacent to an activating group) is 1. The van der Waals surface area contributed by atoms with E-state index in [1.54, 1.807) is 0 Å². The third-order valence-electron chi connectivity index (χ3n) is 2.91. The molecule has 1 saturated heterocycles. The van der Waals surface area contributed by atoms with Crippen LogP contribution < -0.4 is 0 Å². The maximum atomic E-state index is 11.0. The zero-order valence-corrected chi connectivity index (χ0v) is 12.5. The van der Waals surface area contributed by atoms with E-state index in [2.05, 4.69) is 27.9 Å². The van der Waals surface area contributed by atoms with Crippen LogP contribution in [0.1, 0.15) is 17.0 Å². The first-order chi connectivity index (χ1) is 7.85. The van der Waals surface area contributed by atoms with Gasteiger partial charge < -0.3 is 4.90 Å². The largest absolute Gasteiger partial charge is 0.305 e. The van der Waals surface area contributed by atoms with Gasteiger partial charge in [0.2, 0.25) is 9.05 Å². The second-order valence-electron chi connectivity index (χ2n) is 4.46. The van der Waals surface area contributed by atoms with Crippen molar-refractivity contribution in [2.45, 2.75) is 11.7 Å². The van der Waals surface area contributed by atoms with Crippen LogP contribution in [-0.2, 0) is 14.8 Å². The number of hydrogen-bond donors (Lipinski definition) is 0. The molecule has 3 nitrogen and oxygen atoms in total. The van der Waals surface area contributed by atoms with Crippen molar-refractivity contribution in [3.05, 3.63) is 33.8 Å². The lowest BCUT2D eigenvalue weighted by molar-refractivity contribution is 0.189. The minimum Gasteiger partial charge on any atom is -0.305 e. The smallest absolute Gasteiger partial charge is 0.236 e. The van der Waals surface area contributed by atoms with Crippen LogP contribution in [0.5, 0.6) is 0 Å². The van der Waals surface area contributed by atoms with E-state index in [1.165, 1.54) is 5.56 Å². The van der Waals surface area contributed by atoms with Crippen molar-refractivity contribution in [2.75, 3.05) is 20.1 Å². The van der Waals surface area contributed by atoms with Crippen molar-refractivity contribution in [1.82, 2.24) is 4.90 Å². The van der Waals surface area contributed by atoms with E-state index < -0.39 is 9.05 Å². The summed E-state index contributed by atoms with van der Waals surface area (Å²) < 4.78 is 22.9. The van der Waals surface area contributed by atoms with E-state index in [1.807, 2.05) is 18.2 Å². The van der Waals surface area contributed by atoms with Crippen molar-refractivity contribution in [3.63, 3.8) is 0 Å². The van der Waals surface area contributed by atoms with Crippen molar-refractivity contribution in [1.29, 1.82) is 0 Å². The molecule has 1 fully saturated rings. The molecule has 0 saturated carbocycles. The Kier molecular flexibility index (Phi) is 3.83. The summed E-state index contributed by atoms with van der Waals surface area (Å²) in [5.41, 5.74) is 1.95. The monoisotopic (exact) mass is 337 g/mol. The molecule has 0 amide bonds. The fourth-order valence-corrected chi connectivity index (χ4v) is 3.79. The molecule has 2 rings (SSSR count). The molecular weight excluding hydrogens is 326 g/mol. The Labute approximate surface area is 114 Å². The Balaban J connectivity index is 2.17. The van der Waals surface area contributed by atoms with Gasteiger partial charge in [-0.15, -0.1) is 0 Å². The van der Waals surface area contributed by atoms with E-state index in [4.69, 9.17) is 10.7 Å². The molecule has 0 aromatic heterocycles. The first-order valence-electron chi connectivity index (χ1n) is 5.24. The molecule has 0 aliphatic carbocycles. The molecule has 1 aromatic carbocycles. The van der Waals surface area contributed by atoms with Gasteiger partial charge in [0.15, 0.2) is 0 Å². The summed E-state index contributed by atoms with van der Waals surface area (Å²) in [6.07, 6.45) is 0. The van der Waals surface area contributed by atoms with E-state index in [-0.39, 0.29) is 5.75 Å². The Morgan fingerprint density at radius 1 is 1.47 bits per heavy atom. The molecule has 0 N–H and O–H groups in total. The van der Waals surface area contributed by atoms with Crippen LogP contribution in [0.4, 0.5) is 0 Å². The molecule has 0 atom stereocenters. The Morgan fingerprint density at radius 2 is 2.12 bits per heavy atom. The summed E-state index contributed by atoms with van der Waals surface area (Å²) >= 11 is 3.49. The Hall–Kier alpha value is -0.100. The van der Waals surface area contributed by atoms with Crippen LogP contribution in [0, 0.1) is 0 Å². The summed E-state index contributed by atoms with van der Waals surface area (Å²) in [5, 5.41) is 0. The molecule has 6 heteroatoms. The van der Waals surface area contributed by atoms with Crippen molar-refractivity contribution >= 4 is 35.7 Å². The number of rotatable bonds is 3. The van der Waals surface area contributed by atoms with Gasteiger partial charge in [0.05, 0.1) is 5.75 Å². The highest BCUT2D eigenvalue weighted by atomic mass is 79.9. The zero-order chi connectivity index (χ0) is 12.6. The molecule has 0 spiro atoms. The highest BCUT2D eigenvalue weighted by Gasteiger charge is 2.26. The normalized spacial score (nSPS) is 18.1. The summed E-state index contributed by atoms with van der Waals surface area (Å²) in [4.78, 5) is 2.24. The van der Waals surface area contributed by atoms with Gasteiger partial charge in [0, 0.05) is 34.2 Å². The molecule has 1 aliphatic heterocycles. The molecule has 94 valence electrons. The van der Waals surface area contributed by atoms with Gasteiger partial charge in [-0.3, -0.25) is 0 Å². The van der Waals surface area contributed by atoms with E-state index in [9.17, 15) is 8.42 Å².